The summed E-state index contributed by atoms with van der Waals surface area (Å²) in [5.41, 5.74) is 0.734. The lowest BCUT2D eigenvalue weighted by Gasteiger charge is -2.20. The lowest BCUT2D eigenvalue weighted by atomic mass is 10.0. The van der Waals surface area contributed by atoms with E-state index in [0.29, 0.717) is 12.6 Å². The topological polar surface area (TPSA) is 74.3 Å². The Hall–Kier alpha value is -2.11. The quantitative estimate of drug-likeness (QED) is 0.894. The number of hydrogen-bond donors (Lipinski definition) is 2. The fourth-order valence-electron chi connectivity index (χ4n) is 4.24. The van der Waals surface area contributed by atoms with E-state index in [0.717, 1.165) is 37.9 Å². The maximum atomic E-state index is 12.4. The minimum atomic E-state index is -0.000686. The van der Waals surface area contributed by atoms with Gasteiger partial charge in [-0.3, -0.25) is 9.78 Å². The van der Waals surface area contributed by atoms with Crippen LogP contribution in [0.15, 0.2) is 24.5 Å². The van der Waals surface area contributed by atoms with E-state index in [4.69, 9.17) is 0 Å². The second-order valence-electron chi connectivity index (χ2n) is 7.45. The zero-order valence-electron chi connectivity index (χ0n) is 13.8. The van der Waals surface area contributed by atoms with Crippen LogP contribution in [0, 0.1) is 11.3 Å². The van der Waals surface area contributed by atoms with E-state index in [9.17, 15) is 9.59 Å². The molecule has 1 aromatic heterocycles. The van der Waals surface area contributed by atoms with Gasteiger partial charge in [-0.15, -0.1) is 0 Å². The fraction of sp³-hybridized carbons (Fsp3) is 0.611. The highest BCUT2D eigenvalue weighted by atomic mass is 16.2. The van der Waals surface area contributed by atoms with E-state index >= 15 is 0 Å². The number of pyridine rings is 1. The van der Waals surface area contributed by atoms with E-state index in [1.54, 1.807) is 12.4 Å². The molecule has 3 amide bonds. The van der Waals surface area contributed by atoms with E-state index in [-0.39, 0.29) is 23.3 Å². The van der Waals surface area contributed by atoms with Crippen molar-refractivity contribution in [3.05, 3.63) is 24.5 Å². The van der Waals surface area contributed by atoms with Crippen molar-refractivity contribution in [2.24, 2.45) is 11.3 Å². The molecule has 2 saturated carbocycles. The first kappa shape index (κ1) is 15.4. The maximum Gasteiger partial charge on any atom is 0.317 e. The minimum absolute atomic E-state index is 0.000686. The molecule has 1 saturated heterocycles. The molecule has 2 aliphatic carbocycles. The Morgan fingerprint density at radius 2 is 2.12 bits per heavy atom. The monoisotopic (exact) mass is 328 g/mol. The Morgan fingerprint density at radius 1 is 1.29 bits per heavy atom. The van der Waals surface area contributed by atoms with Gasteiger partial charge in [-0.05, 0) is 37.8 Å². The lowest BCUT2D eigenvalue weighted by Crippen LogP contribution is -2.43. The number of rotatable bonds is 3. The van der Waals surface area contributed by atoms with Crippen molar-refractivity contribution in [1.29, 1.82) is 0 Å². The molecule has 1 aliphatic heterocycles. The average Bonchev–Trinajstić information content (AvgIpc) is 2.90. The van der Waals surface area contributed by atoms with E-state index < -0.39 is 0 Å². The normalized spacial score (nSPS) is 29.0. The third kappa shape index (κ3) is 2.97. The molecule has 6 nitrogen and oxygen atoms in total. The highest BCUT2D eigenvalue weighted by Crippen LogP contribution is 2.58. The van der Waals surface area contributed by atoms with Gasteiger partial charge in [0.05, 0.1) is 11.9 Å². The molecule has 2 heterocycles. The van der Waals surface area contributed by atoms with Gasteiger partial charge in [0.2, 0.25) is 5.91 Å². The number of urea groups is 1. The van der Waals surface area contributed by atoms with Crippen LogP contribution in [0.3, 0.4) is 0 Å². The summed E-state index contributed by atoms with van der Waals surface area (Å²) in [6, 6.07) is 4.05. The van der Waals surface area contributed by atoms with Crippen LogP contribution in [0.5, 0.6) is 0 Å². The van der Waals surface area contributed by atoms with E-state index in [2.05, 4.69) is 15.6 Å². The predicted octanol–water partition coefficient (Wildman–Crippen LogP) is 2.38. The molecule has 0 bridgehead atoms. The number of carbonyl (C=O) groups excluding carboxylic acids is 2. The number of anilines is 1. The molecule has 1 aromatic rings. The van der Waals surface area contributed by atoms with Crippen molar-refractivity contribution in [2.45, 2.75) is 44.6 Å². The first-order chi connectivity index (χ1) is 11.7. The lowest BCUT2D eigenvalue weighted by molar-refractivity contribution is -0.118. The Labute approximate surface area is 142 Å². The van der Waals surface area contributed by atoms with Crippen LogP contribution in [0.1, 0.15) is 38.5 Å². The Morgan fingerprint density at radius 3 is 2.88 bits per heavy atom. The zero-order chi connectivity index (χ0) is 16.6. The number of hydrogen-bond acceptors (Lipinski definition) is 3. The summed E-state index contributed by atoms with van der Waals surface area (Å²) in [6.07, 6.45) is 9.77. The smallest absolute Gasteiger partial charge is 0.317 e. The second-order valence-corrected chi connectivity index (χ2v) is 7.45. The van der Waals surface area contributed by atoms with Crippen molar-refractivity contribution >= 4 is 17.6 Å². The number of nitrogens with zero attached hydrogens (tertiary/aromatic N) is 2. The van der Waals surface area contributed by atoms with Gasteiger partial charge in [-0.1, -0.05) is 12.8 Å². The van der Waals surface area contributed by atoms with Crippen LogP contribution >= 0.6 is 0 Å². The van der Waals surface area contributed by atoms with Crippen LogP contribution in [0.4, 0.5) is 10.5 Å². The highest BCUT2D eigenvalue weighted by molar-refractivity contribution is 5.95. The molecule has 0 radical (unpaired) electrons. The number of amides is 3. The van der Waals surface area contributed by atoms with Gasteiger partial charge in [0, 0.05) is 36.7 Å². The van der Waals surface area contributed by atoms with Gasteiger partial charge in [-0.25, -0.2) is 4.79 Å². The van der Waals surface area contributed by atoms with Crippen molar-refractivity contribution < 1.29 is 9.59 Å². The Balaban J connectivity index is 1.30. The van der Waals surface area contributed by atoms with Gasteiger partial charge in [-0.2, -0.15) is 0 Å². The largest absolute Gasteiger partial charge is 0.335 e. The zero-order valence-corrected chi connectivity index (χ0v) is 13.8. The maximum absolute atomic E-state index is 12.4. The average molecular weight is 328 g/mol. The highest BCUT2D eigenvalue weighted by Gasteiger charge is 2.61. The van der Waals surface area contributed by atoms with Crippen LogP contribution in [-0.2, 0) is 4.79 Å². The molecule has 128 valence electrons. The molecular formula is C18H24N4O2. The molecule has 2 atom stereocenters. The molecule has 2 N–H and O–H groups in total. The number of aromatic nitrogens is 1. The van der Waals surface area contributed by atoms with Gasteiger partial charge < -0.3 is 15.5 Å². The summed E-state index contributed by atoms with van der Waals surface area (Å²) in [4.78, 5) is 30.7. The predicted molar refractivity (Wildman–Crippen MR) is 90.4 cm³/mol. The number of nitrogens with one attached hydrogen (secondary N) is 2. The standard InChI is InChI=1S/C18H24N4O2/c23-16(20-14-6-3-8-19-11-14)15-10-18(15)7-9-22(12-18)17(24)21-13-4-1-2-5-13/h3,6,8,11,13,15H,1-2,4-5,7,9-10,12H2,(H,20,23)(H,21,24)/t15-,18-/m0/s1. The van der Waals surface area contributed by atoms with Crippen LogP contribution in [0.2, 0.25) is 0 Å². The third-order valence-electron chi connectivity index (χ3n) is 5.79. The first-order valence-corrected chi connectivity index (χ1v) is 8.93. The van der Waals surface area contributed by atoms with Crippen molar-refractivity contribution in [3.8, 4) is 0 Å². The molecule has 24 heavy (non-hydrogen) atoms. The fourth-order valence-corrected chi connectivity index (χ4v) is 4.24. The van der Waals surface area contributed by atoms with Crippen LogP contribution < -0.4 is 10.6 Å². The summed E-state index contributed by atoms with van der Waals surface area (Å²) in [7, 11) is 0. The number of carbonyl (C=O) groups is 2. The second kappa shape index (κ2) is 6.07. The van der Waals surface area contributed by atoms with Crippen molar-refractivity contribution in [2.75, 3.05) is 18.4 Å². The van der Waals surface area contributed by atoms with Crippen molar-refractivity contribution in [1.82, 2.24) is 15.2 Å². The summed E-state index contributed by atoms with van der Waals surface area (Å²) in [6.45, 7) is 1.46. The van der Waals surface area contributed by atoms with Crippen LogP contribution in [-0.4, -0.2) is 41.0 Å². The summed E-state index contributed by atoms with van der Waals surface area (Å²) < 4.78 is 0. The van der Waals surface area contributed by atoms with Crippen molar-refractivity contribution in [3.63, 3.8) is 0 Å². The number of likely N-dealkylation sites (tertiary alicyclic amines) is 1. The molecule has 6 heteroatoms. The summed E-state index contributed by atoms with van der Waals surface area (Å²) in [5.74, 6) is 0.0723. The summed E-state index contributed by atoms with van der Waals surface area (Å²) in [5, 5.41) is 6.09. The van der Waals surface area contributed by atoms with Gasteiger partial charge in [0.15, 0.2) is 0 Å². The van der Waals surface area contributed by atoms with Gasteiger partial charge >= 0.3 is 6.03 Å². The minimum Gasteiger partial charge on any atom is -0.335 e. The molecule has 3 fully saturated rings. The molecule has 3 aliphatic rings. The Kier molecular flexibility index (Phi) is 3.90. The van der Waals surface area contributed by atoms with Crippen LogP contribution in [0.25, 0.3) is 0 Å². The Bertz CT molecular complexity index is 629. The van der Waals surface area contributed by atoms with E-state index in [1.165, 1.54) is 12.8 Å². The first-order valence-electron chi connectivity index (χ1n) is 8.93. The molecular weight excluding hydrogens is 304 g/mol. The molecule has 1 spiro atoms. The molecule has 0 aromatic carbocycles. The SMILES string of the molecule is O=C(Nc1cccnc1)[C@@H]1C[C@]12CCN(C(=O)NC1CCCC1)C2. The molecule has 4 rings (SSSR count). The van der Waals surface area contributed by atoms with Gasteiger partial charge in [0.1, 0.15) is 0 Å². The van der Waals surface area contributed by atoms with Gasteiger partial charge in [0.25, 0.3) is 0 Å². The molecule has 0 unspecified atom stereocenters. The van der Waals surface area contributed by atoms with E-state index in [1.807, 2.05) is 17.0 Å². The summed E-state index contributed by atoms with van der Waals surface area (Å²) >= 11 is 0. The third-order valence-corrected chi connectivity index (χ3v) is 5.79.